The maximum Gasteiger partial charge on any atom is 0.251 e. The lowest BCUT2D eigenvalue weighted by atomic mass is 9.84. The predicted octanol–water partition coefficient (Wildman–Crippen LogP) is 3.74. The van der Waals surface area contributed by atoms with E-state index in [0.29, 0.717) is 36.2 Å². The molecular formula is C26H34N4O4. The van der Waals surface area contributed by atoms with E-state index in [4.69, 9.17) is 4.74 Å². The highest BCUT2D eigenvalue weighted by Crippen LogP contribution is 2.30. The second kappa shape index (κ2) is 10.4. The minimum absolute atomic E-state index is 0.213. The number of amides is 2. The number of hydrogen-bond donors (Lipinski definition) is 2. The second-order valence-electron chi connectivity index (χ2n) is 9.95. The van der Waals surface area contributed by atoms with E-state index >= 15 is 0 Å². The third kappa shape index (κ3) is 6.47. The van der Waals surface area contributed by atoms with Gasteiger partial charge in [-0.25, -0.2) is 0 Å². The van der Waals surface area contributed by atoms with Crippen LogP contribution in [0.1, 0.15) is 52.4 Å². The van der Waals surface area contributed by atoms with E-state index in [2.05, 4.69) is 10.4 Å². The second-order valence-corrected chi connectivity index (χ2v) is 9.95. The number of carbonyl (C=O) groups excluding carboxylic acids is 2. The van der Waals surface area contributed by atoms with Crippen molar-refractivity contribution in [2.24, 2.45) is 5.92 Å². The summed E-state index contributed by atoms with van der Waals surface area (Å²) in [6.45, 7) is 3.97. The van der Waals surface area contributed by atoms with Gasteiger partial charge in [0.2, 0.25) is 5.91 Å². The van der Waals surface area contributed by atoms with Gasteiger partial charge < -0.3 is 20.1 Å². The molecule has 1 saturated carbocycles. The first-order valence-corrected chi connectivity index (χ1v) is 12.1. The molecule has 2 heterocycles. The van der Waals surface area contributed by atoms with Crippen LogP contribution in [0.15, 0.2) is 54.4 Å². The van der Waals surface area contributed by atoms with Crippen molar-refractivity contribution in [1.29, 1.82) is 0 Å². The Kier molecular flexibility index (Phi) is 7.36. The van der Waals surface area contributed by atoms with Gasteiger partial charge in [-0.15, -0.1) is 0 Å². The van der Waals surface area contributed by atoms with Crippen LogP contribution in [0.5, 0.6) is 5.75 Å². The summed E-state index contributed by atoms with van der Waals surface area (Å²) in [5, 5.41) is 17.3. The van der Waals surface area contributed by atoms with Gasteiger partial charge in [-0.2, -0.15) is 5.10 Å². The van der Waals surface area contributed by atoms with Crippen LogP contribution in [0.25, 0.3) is 0 Å². The third-order valence-electron chi connectivity index (χ3n) is 6.29. The first-order chi connectivity index (χ1) is 16.3. The first-order valence-electron chi connectivity index (χ1n) is 12.1. The number of carbonyl (C=O) groups is 2. The molecule has 2 aromatic rings. The lowest BCUT2D eigenvalue weighted by molar-refractivity contribution is -0.134. The van der Waals surface area contributed by atoms with E-state index < -0.39 is 11.6 Å². The number of nitrogens with zero attached hydrogens (tertiary/aromatic N) is 3. The standard InChI is InChI=1S/C26H34N4O4/c1-26(2,33)18-29-14-13-23(28-29)27-25(32)22(15-19-9-5-3-6-10-19)30-17-21(16-24(30)31)34-20-11-7-4-8-12-20/h4,7-8,11-14,16,19,22,33H,3,5-6,9-10,15,17-18H2,1-2H3,(H,27,28,32). The molecule has 1 aromatic heterocycles. The Morgan fingerprint density at radius 1 is 1.21 bits per heavy atom. The van der Waals surface area contributed by atoms with Gasteiger partial charge in [-0.3, -0.25) is 14.3 Å². The van der Waals surface area contributed by atoms with Crippen LogP contribution < -0.4 is 10.1 Å². The Labute approximate surface area is 200 Å². The van der Waals surface area contributed by atoms with Crippen molar-refractivity contribution in [1.82, 2.24) is 14.7 Å². The van der Waals surface area contributed by atoms with Crippen molar-refractivity contribution in [3.63, 3.8) is 0 Å². The van der Waals surface area contributed by atoms with Gasteiger partial charge in [-0.1, -0.05) is 50.3 Å². The predicted molar refractivity (Wildman–Crippen MR) is 129 cm³/mol. The minimum atomic E-state index is -0.917. The maximum absolute atomic E-state index is 13.4. The van der Waals surface area contributed by atoms with E-state index in [0.717, 1.165) is 25.7 Å². The summed E-state index contributed by atoms with van der Waals surface area (Å²) in [5.74, 6) is 1.55. The molecule has 0 bridgehead atoms. The molecular weight excluding hydrogens is 432 g/mol. The van der Waals surface area contributed by atoms with Crippen molar-refractivity contribution in [3.05, 3.63) is 54.4 Å². The van der Waals surface area contributed by atoms with E-state index in [-0.39, 0.29) is 18.4 Å². The lowest BCUT2D eigenvalue weighted by Crippen LogP contribution is -2.46. The van der Waals surface area contributed by atoms with Crippen LogP contribution in [-0.2, 0) is 16.1 Å². The molecule has 2 amide bonds. The van der Waals surface area contributed by atoms with Crippen LogP contribution in [0.2, 0.25) is 0 Å². The number of nitrogens with one attached hydrogen (secondary N) is 1. The SMILES string of the molecule is CC(C)(O)Cn1ccc(NC(=O)C(CC2CCCCC2)N2CC(Oc3ccccc3)=CC2=O)n1. The first kappa shape index (κ1) is 24.0. The quantitative estimate of drug-likeness (QED) is 0.587. The highest BCUT2D eigenvalue weighted by atomic mass is 16.5. The zero-order chi connectivity index (χ0) is 24.1. The fraction of sp³-hybridized carbons (Fsp3) is 0.500. The van der Waals surface area contributed by atoms with E-state index in [1.807, 2.05) is 30.3 Å². The fourth-order valence-electron chi connectivity index (χ4n) is 4.71. The molecule has 0 radical (unpaired) electrons. The Morgan fingerprint density at radius 3 is 2.65 bits per heavy atom. The molecule has 182 valence electrons. The highest BCUT2D eigenvalue weighted by Gasteiger charge is 2.36. The lowest BCUT2D eigenvalue weighted by Gasteiger charge is -2.31. The molecule has 8 heteroatoms. The van der Waals surface area contributed by atoms with Crippen molar-refractivity contribution >= 4 is 17.6 Å². The number of para-hydroxylation sites is 1. The number of aliphatic hydroxyl groups is 1. The summed E-state index contributed by atoms with van der Waals surface area (Å²) in [6, 6.07) is 10.4. The average Bonchev–Trinajstić information content (AvgIpc) is 3.37. The van der Waals surface area contributed by atoms with Crippen LogP contribution in [-0.4, -0.2) is 49.8 Å². The van der Waals surface area contributed by atoms with Gasteiger partial charge >= 0.3 is 0 Å². The number of rotatable bonds is 9. The minimum Gasteiger partial charge on any atom is -0.460 e. The van der Waals surface area contributed by atoms with E-state index in [1.54, 1.807) is 35.7 Å². The largest absolute Gasteiger partial charge is 0.460 e. The zero-order valence-corrected chi connectivity index (χ0v) is 19.9. The Hall–Kier alpha value is -3.13. The van der Waals surface area contributed by atoms with Gasteiger partial charge in [0.15, 0.2) is 5.82 Å². The third-order valence-corrected chi connectivity index (χ3v) is 6.29. The molecule has 1 aliphatic carbocycles. The molecule has 1 aromatic carbocycles. The molecule has 2 aliphatic rings. The van der Waals surface area contributed by atoms with Crippen molar-refractivity contribution in [2.75, 3.05) is 11.9 Å². The molecule has 2 N–H and O–H groups in total. The molecule has 34 heavy (non-hydrogen) atoms. The number of hydrogen-bond acceptors (Lipinski definition) is 5. The number of ether oxygens (including phenoxy) is 1. The molecule has 1 atom stereocenters. The van der Waals surface area contributed by atoms with E-state index in [9.17, 15) is 14.7 Å². The summed E-state index contributed by atoms with van der Waals surface area (Å²) in [6.07, 6.45) is 9.52. The molecule has 8 nitrogen and oxygen atoms in total. The Balaban J connectivity index is 1.46. The average molecular weight is 467 g/mol. The van der Waals surface area contributed by atoms with Crippen molar-refractivity contribution < 1.29 is 19.4 Å². The molecule has 0 saturated heterocycles. The molecule has 4 rings (SSSR count). The molecule has 0 spiro atoms. The van der Waals surface area contributed by atoms with Crippen molar-refractivity contribution in [2.45, 2.75) is 70.6 Å². The Bertz CT molecular complexity index is 1020. The topological polar surface area (TPSA) is 96.7 Å². The fourth-order valence-corrected chi connectivity index (χ4v) is 4.71. The van der Waals surface area contributed by atoms with Crippen LogP contribution >= 0.6 is 0 Å². The maximum atomic E-state index is 13.4. The smallest absolute Gasteiger partial charge is 0.251 e. The molecule has 1 unspecified atom stereocenters. The number of aromatic nitrogens is 2. The summed E-state index contributed by atoms with van der Waals surface area (Å²) in [4.78, 5) is 27.9. The monoisotopic (exact) mass is 466 g/mol. The van der Waals surface area contributed by atoms with Gasteiger partial charge in [0.05, 0.1) is 18.7 Å². The number of anilines is 1. The molecule has 1 fully saturated rings. The summed E-state index contributed by atoms with van der Waals surface area (Å²) < 4.78 is 7.49. The van der Waals surface area contributed by atoms with Crippen LogP contribution in [0.3, 0.4) is 0 Å². The van der Waals surface area contributed by atoms with Crippen LogP contribution in [0.4, 0.5) is 5.82 Å². The van der Waals surface area contributed by atoms with Crippen LogP contribution in [0, 0.1) is 5.92 Å². The normalized spacial score (nSPS) is 18.0. The van der Waals surface area contributed by atoms with Gasteiger partial charge in [-0.05, 0) is 38.3 Å². The van der Waals surface area contributed by atoms with E-state index in [1.165, 1.54) is 12.5 Å². The summed E-state index contributed by atoms with van der Waals surface area (Å²) in [7, 11) is 0. The summed E-state index contributed by atoms with van der Waals surface area (Å²) >= 11 is 0. The Morgan fingerprint density at radius 2 is 1.94 bits per heavy atom. The highest BCUT2D eigenvalue weighted by molar-refractivity contribution is 5.99. The number of benzene rings is 1. The van der Waals surface area contributed by atoms with Crippen molar-refractivity contribution in [3.8, 4) is 5.75 Å². The van der Waals surface area contributed by atoms with Gasteiger partial charge in [0.1, 0.15) is 17.6 Å². The summed E-state index contributed by atoms with van der Waals surface area (Å²) in [5.41, 5.74) is -0.917. The molecule has 1 aliphatic heterocycles. The van der Waals surface area contributed by atoms with Gasteiger partial charge in [0, 0.05) is 18.3 Å². The zero-order valence-electron chi connectivity index (χ0n) is 19.9. The van der Waals surface area contributed by atoms with Gasteiger partial charge in [0.25, 0.3) is 5.91 Å².